The number of ether oxygens (including phenoxy) is 1. The van der Waals surface area contributed by atoms with E-state index in [0.29, 0.717) is 26.1 Å². The molecule has 126 valence electrons. The zero-order valence-electron chi connectivity index (χ0n) is 13.7. The molecule has 3 rings (SSSR count). The molecule has 1 saturated heterocycles. The highest BCUT2D eigenvalue weighted by molar-refractivity contribution is 5.76. The molecule has 1 fully saturated rings. The summed E-state index contributed by atoms with van der Waals surface area (Å²) >= 11 is 0. The minimum absolute atomic E-state index is 0.0797. The lowest BCUT2D eigenvalue weighted by Crippen LogP contribution is -2.45. The average molecular weight is 326 g/mol. The summed E-state index contributed by atoms with van der Waals surface area (Å²) in [6.45, 7) is 1.94. The highest BCUT2D eigenvalue weighted by Gasteiger charge is 2.23. The molecule has 0 N–H and O–H groups in total. The zero-order chi connectivity index (χ0) is 16.6. The Balaban J connectivity index is 1.45. The number of pyridine rings is 1. The first-order valence-electron chi connectivity index (χ1n) is 8.34. The number of carbonyl (C=O) groups is 1. The Kier molecular flexibility index (Phi) is 5.85. The molecule has 0 saturated carbocycles. The number of hydrogen-bond acceptors (Lipinski definition) is 5. The third kappa shape index (κ3) is 4.83. The Morgan fingerprint density at radius 2 is 2.21 bits per heavy atom. The lowest BCUT2D eigenvalue weighted by atomic mass is 10.1. The molecule has 0 spiro atoms. The van der Waals surface area contributed by atoms with Crippen LogP contribution in [-0.2, 0) is 22.4 Å². The van der Waals surface area contributed by atoms with Crippen molar-refractivity contribution in [1.82, 2.24) is 19.9 Å². The molecule has 0 aliphatic carbocycles. The first kappa shape index (κ1) is 16.5. The Labute approximate surface area is 141 Å². The van der Waals surface area contributed by atoms with Crippen molar-refractivity contribution in [3.63, 3.8) is 0 Å². The van der Waals surface area contributed by atoms with Crippen LogP contribution in [0.1, 0.15) is 24.1 Å². The number of aromatic nitrogens is 3. The van der Waals surface area contributed by atoms with Crippen LogP contribution >= 0.6 is 0 Å². The summed E-state index contributed by atoms with van der Waals surface area (Å²) in [5.74, 6) is 0.189. The monoisotopic (exact) mass is 326 g/mol. The van der Waals surface area contributed by atoms with Gasteiger partial charge in [0.25, 0.3) is 0 Å². The summed E-state index contributed by atoms with van der Waals surface area (Å²) in [4.78, 5) is 26.6. The summed E-state index contributed by atoms with van der Waals surface area (Å²) in [5.41, 5.74) is 2.10. The van der Waals surface area contributed by atoms with E-state index >= 15 is 0 Å². The van der Waals surface area contributed by atoms with Crippen LogP contribution in [0.4, 0.5) is 0 Å². The SMILES string of the molecule is O=C(CCc1cccnc1)N1CCOC(CCc2ccncn2)C1. The van der Waals surface area contributed by atoms with Crippen molar-refractivity contribution < 1.29 is 9.53 Å². The predicted molar refractivity (Wildman–Crippen MR) is 89.2 cm³/mol. The van der Waals surface area contributed by atoms with Crippen LogP contribution in [0.2, 0.25) is 0 Å². The first-order chi connectivity index (χ1) is 11.8. The third-order valence-corrected chi connectivity index (χ3v) is 4.21. The minimum atomic E-state index is 0.0797. The molecule has 1 unspecified atom stereocenters. The fourth-order valence-electron chi connectivity index (χ4n) is 2.85. The Bertz CT molecular complexity index is 636. The zero-order valence-corrected chi connectivity index (χ0v) is 13.7. The molecule has 0 bridgehead atoms. The van der Waals surface area contributed by atoms with E-state index in [2.05, 4.69) is 15.0 Å². The lowest BCUT2D eigenvalue weighted by Gasteiger charge is -2.33. The first-order valence-corrected chi connectivity index (χ1v) is 8.34. The van der Waals surface area contributed by atoms with Crippen LogP contribution in [0.3, 0.4) is 0 Å². The molecule has 1 aliphatic rings. The van der Waals surface area contributed by atoms with Gasteiger partial charge in [0.15, 0.2) is 0 Å². The van der Waals surface area contributed by atoms with Crippen LogP contribution in [0.15, 0.2) is 43.1 Å². The number of morpholine rings is 1. The van der Waals surface area contributed by atoms with E-state index in [1.807, 2.05) is 29.3 Å². The second-order valence-electron chi connectivity index (χ2n) is 5.93. The third-order valence-electron chi connectivity index (χ3n) is 4.21. The topological polar surface area (TPSA) is 68.2 Å². The molecule has 0 aromatic carbocycles. The molecule has 2 aromatic rings. The van der Waals surface area contributed by atoms with E-state index in [9.17, 15) is 4.79 Å². The maximum atomic E-state index is 12.4. The van der Waals surface area contributed by atoms with Gasteiger partial charge in [0.2, 0.25) is 5.91 Å². The van der Waals surface area contributed by atoms with Crippen LogP contribution < -0.4 is 0 Å². The average Bonchev–Trinajstić information content (AvgIpc) is 2.66. The maximum Gasteiger partial charge on any atom is 0.223 e. The molecule has 1 atom stereocenters. The fourth-order valence-corrected chi connectivity index (χ4v) is 2.85. The van der Waals surface area contributed by atoms with Gasteiger partial charge in [0, 0.05) is 43.8 Å². The maximum absolute atomic E-state index is 12.4. The van der Waals surface area contributed by atoms with Gasteiger partial charge in [-0.2, -0.15) is 0 Å². The van der Waals surface area contributed by atoms with E-state index in [-0.39, 0.29) is 12.0 Å². The summed E-state index contributed by atoms with van der Waals surface area (Å²) in [6, 6.07) is 5.82. The van der Waals surface area contributed by atoms with E-state index in [0.717, 1.165) is 30.5 Å². The molecule has 1 amide bonds. The van der Waals surface area contributed by atoms with Crippen LogP contribution in [0, 0.1) is 0 Å². The molecule has 0 radical (unpaired) electrons. The van der Waals surface area contributed by atoms with Crippen molar-refractivity contribution in [1.29, 1.82) is 0 Å². The molecule has 3 heterocycles. The molecule has 24 heavy (non-hydrogen) atoms. The molecule has 1 aliphatic heterocycles. The van der Waals surface area contributed by atoms with Gasteiger partial charge in [0.05, 0.1) is 12.7 Å². The van der Waals surface area contributed by atoms with Crippen LogP contribution in [0.25, 0.3) is 0 Å². The number of rotatable bonds is 6. The number of aryl methyl sites for hydroxylation is 2. The Hall–Kier alpha value is -2.34. The smallest absolute Gasteiger partial charge is 0.223 e. The van der Waals surface area contributed by atoms with Crippen molar-refractivity contribution in [2.45, 2.75) is 31.8 Å². The van der Waals surface area contributed by atoms with Crippen molar-refractivity contribution in [2.75, 3.05) is 19.7 Å². The predicted octanol–water partition coefficient (Wildman–Crippen LogP) is 1.66. The largest absolute Gasteiger partial charge is 0.375 e. The van der Waals surface area contributed by atoms with Crippen molar-refractivity contribution >= 4 is 5.91 Å². The van der Waals surface area contributed by atoms with Gasteiger partial charge < -0.3 is 9.64 Å². The number of nitrogens with zero attached hydrogens (tertiary/aromatic N) is 4. The molecule has 2 aromatic heterocycles. The number of amides is 1. The number of hydrogen-bond donors (Lipinski definition) is 0. The molecule has 6 nitrogen and oxygen atoms in total. The summed E-state index contributed by atoms with van der Waals surface area (Å²) in [6.07, 6.45) is 9.90. The van der Waals surface area contributed by atoms with Gasteiger partial charge in [0.1, 0.15) is 6.33 Å². The van der Waals surface area contributed by atoms with Gasteiger partial charge in [-0.15, -0.1) is 0 Å². The standard InChI is InChI=1S/C18H22N4O2/c23-18(6-3-15-2-1-8-19-12-15)22-10-11-24-17(13-22)5-4-16-7-9-20-14-21-16/h1-2,7-9,12,14,17H,3-6,10-11,13H2. The van der Waals surface area contributed by atoms with E-state index < -0.39 is 0 Å². The second-order valence-corrected chi connectivity index (χ2v) is 5.93. The second kappa shape index (κ2) is 8.49. The van der Waals surface area contributed by atoms with Gasteiger partial charge in [-0.1, -0.05) is 6.07 Å². The Morgan fingerprint density at radius 3 is 3.00 bits per heavy atom. The lowest BCUT2D eigenvalue weighted by molar-refractivity contribution is -0.138. The van der Waals surface area contributed by atoms with Gasteiger partial charge in [-0.25, -0.2) is 9.97 Å². The van der Waals surface area contributed by atoms with Gasteiger partial charge >= 0.3 is 0 Å². The molecular weight excluding hydrogens is 304 g/mol. The van der Waals surface area contributed by atoms with E-state index in [1.165, 1.54) is 0 Å². The van der Waals surface area contributed by atoms with Gasteiger partial charge in [-0.3, -0.25) is 9.78 Å². The minimum Gasteiger partial charge on any atom is -0.375 e. The molecule has 6 heteroatoms. The van der Waals surface area contributed by atoms with Crippen LogP contribution in [-0.4, -0.2) is 51.6 Å². The van der Waals surface area contributed by atoms with Crippen molar-refractivity contribution in [2.24, 2.45) is 0 Å². The van der Waals surface area contributed by atoms with E-state index in [1.54, 1.807) is 18.7 Å². The van der Waals surface area contributed by atoms with E-state index in [4.69, 9.17) is 4.74 Å². The number of carbonyl (C=O) groups excluding carboxylic acids is 1. The Morgan fingerprint density at radius 1 is 1.25 bits per heavy atom. The normalized spacial score (nSPS) is 17.7. The van der Waals surface area contributed by atoms with Crippen molar-refractivity contribution in [3.05, 3.63) is 54.4 Å². The fraction of sp³-hybridized carbons (Fsp3) is 0.444. The quantitative estimate of drug-likeness (QED) is 0.807. The van der Waals surface area contributed by atoms with Crippen LogP contribution in [0.5, 0.6) is 0 Å². The summed E-state index contributed by atoms with van der Waals surface area (Å²) < 4.78 is 5.80. The highest BCUT2D eigenvalue weighted by atomic mass is 16.5. The summed E-state index contributed by atoms with van der Waals surface area (Å²) in [7, 11) is 0. The molecular formula is C18H22N4O2. The van der Waals surface area contributed by atoms with Gasteiger partial charge in [-0.05, 0) is 37.0 Å². The highest BCUT2D eigenvalue weighted by Crippen LogP contribution is 2.13. The van der Waals surface area contributed by atoms with Crippen molar-refractivity contribution in [3.8, 4) is 0 Å². The summed E-state index contributed by atoms with van der Waals surface area (Å²) in [5, 5.41) is 0.